The molecule has 7 atom stereocenters. The van der Waals surface area contributed by atoms with Crippen LogP contribution in [0.25, 0.3) is 5.32 Å². The van der Waals surface area contributed by atoms with E-state index in [2.05, 4.69) is 115 Å². The topological polar surface area (TPSA) is 17.3 Å². The average Bonchev–Trinajstić information content (AvgIpc) is 3.44. The summed E-state index contributed by atoms with van der Waals surface area (Å²) in [4.78, 5) is 0. The predicted molar refractivity (Wildman–Crippen MR) is 163 cm³/mol. The summed E-state index contributed by atoms with van der Waals surface area (Å²) in [6.07, 6.45) is 26.0. The summed E-state index contributed by atoms with van der Waals surface area (Å²) in [5, 5.41) is 5.31. The first-order chi connectivity index (χ1) is 18.0. The summed E-state index contributed by atoms with van der Waals surface area (Å²) in [5.74, 6) is 9.31. The molecule has 1 saturated heterocycles. The molecule has 5 aliphatic rings. The van der Waals surface area contributed by atoms with E-state index >= 15 is 0 Å². The van der Waals surface area contributed by atoms with Crippen LogP contribution in [0, 0.1) is 42.9 Å². The molecule has 4 aliphatic carbocycles. The number of hydrogen-bond donors (Lipinski definition) is 0. The summed E-state index contributed by atoms with van der Waals surface area (Å²) in [6, 6.07) is 10.7. The van der Waals surface area contributed by atoms with Gasteiger partial charge in [0.05, 0.1) is 0 Å². The Kier molecular flexibility index (Phi) is 10.0. The maximum atomic E-state index is 5.31. The first-order valence-electron chi connectivity index (χ1n) is 13.1. The van der Waals surface area contributed by atoms with Crippen LogP contribution in [0.2, 0.25) is 18.6 Å². The van der Waals surface area contributed by atoms with Crippen molar-refractivity contribution >= 4 is 26.8 Å². The van der Waals surface area contributed by atoms with Crippen LogP contribution in [0.4, 0.5) is 0 Å². The Labute approximate surface area is 247 Å². The van der Waals surface area contributed by atoms with Crippen molar-refractivity contribution in [2.75, 3.05) is 0 Å². The SMILES string of the molecule is C[C@H]1[N-]C2C(C#Cc3ccccc3)=CC=C[C@H]2N1[Si](C)(C)C1C2C=CC=CC2C2C=CC=CC21.[CH3-].[Cl][Ti][Cl]. The Bertz CT molecular complexity index is 1190. The van der Waals surface area contributed by atoms with Gasteiger partial charge in [0.2, 0.25) is 0 Å². The Balaban J connectivity index is 0.000000804. The van der Waals surface area contributed by atoms with Crippen LogP contribution in [0.1, 0.15) is 12.5 Å². The van der Waals surface area contributed by atoms with Gasteiger partial charge in [-0.1, -0.05) is 129 Å². The van der Waals surface area contributed by atoms with Gasteiger partial charge in [0.1, 0.15) is 8.24 Å². The van der Waals surface area contributed by atoms with Gasteiger partial charge < -0.3 is 17.3 Å². The van der Waals surface area contributed by atoms with E-state index < -0.39 is 25.3 Å². The number of rotatable bonds is 2. The first-order valence-corrected chi connectivity index (χ1v) is 20.4. The van der Waals surface area contributed by atoms with Gasteiger partial charge in [-0.3, -0.25) is 0 Å². The van der Waals surface area contributed by atoms with Crippen LogP contribution in [-0.2, 0) is 17.0 Å². The fourth-order valence-corrected chi connectivity index (χ4v) is 12.3. The number of hydrogen-bond acceptors (Lipinski definition) is 1. The molecule has 0 radical (unpaired) electrons. The van der Waals surface area contributed by atoms with Crippen LogP contribution in [0.3, 0.4) is 0 Å². The Hall–Kier alpha value is -1.35. The van der Waals surface area contributed by atoms with Crippen molar-refractivity contribution in [3.05, 3.63) is 121 Å². The molecule has 1 heterocycles. The maximum absolute atomic E-state index is 5.31. The minimum atomic E-state index is -1.90. The van der Waals surface area contributed by atoms with Crippen molar-refractivity contribution in [2.24, 2.45) is 23.7 Å². The van der Waals surface area contributed by atoms with E-state index in [0.29, 0.717) is 35.3 Å². The van der Waals surface area contributed by atoms with E-state index in [1.54, 1.807) is 0 Å². The van der Waals surface area contributed by atoms with Crippen molar-refractivity contribution in [1.82, 2.24) is 4.57 Å². The van der Waals surface area contributed by atoms with Crippen LogP contribution in [-0.4, -0.2) is 31.1 Å². The van der Waals surface area contributed by atoms with Crippen molar-refractivity contribution in [2.45, 2.75) is 43.8 Å². The third-order valence-corrected chi connectivity index (χ3v) is 13.1. The molecule has 0 aromatic heterocycles. The van der Waals surface area contributed by atoms with Gasteiger partial charge in [-0.2, -0.15) is 0 Å². The Morgan fingerprint density at radius 3 is 1.95 bits per heavy atom. The summed E-state index contributed by atoms with van der Waals surface area (Å²) >= 11 is -0.556. The molecule has 198 valence electrons. The van der Waals surface area contributed by atoms with Gasteiger partial charge in [-0.05, 0) is 46.9 Å². The molecule has 1 aromatic carbocycles. The molecule has 2 fully saturated rings. The Morgan fingerprint density at radius 1 is 0.816 bits per heavy atom. The molecule has 0 spiro atoms. The van der Waals surface area contributed by atoms with Crippen molar-refractivity contribution < 1.29 is 17.0 Å². The van der Waals surface area contributed by atoms with Gasteiger partial charge in [0, 0.05) is 11.6 Å². The van der Waals surface area contributed by atoms with Crippen molar-refractivity contribution in [3.8, 4) is 11.8 Å². The molecular formula is C32H36Cl2N2SiTi-2. The van der Waals surface area contributed by atoms with E-state index in [0.717, 1.165) is 11.1 Å². The molecule has 0 bridgehead atoms. The standard InChI is InChI=1S/C31H33N2Si.CH3.2ClH.Ti/c1-22-32-30-24(21-20-23-12-5-4-6-13-23)14-11-19-29(30)33(22)34(2,3)31-27-17-9-7-15-25(27)26-16-8-10-18-28(26)31;;;;/h4-19,22,25-31H,1-3H3;1H3;2*1H;/q2*-1;;;+2/p-2/t22-,25?,26?,27?,28?,29+,30?,31?;;;;/m0..../s1. The summed E-state index contributed by atoms with van der Waals surface area (Å²) < 4.78 is 2.83. The number of allylic oxidation sites excluding steroid dienone is 10. The van der Waals surface area contributed by atoms with Gasteiger partial charge >= 0.3 is 35.6 Å². The van der Waals surface area contributed by atoms with Crippen LogP contribution in [0.15, 0.2) is 103 Å². The molecule has 1 aliphatic heterocycles. The number of benzene rings is 1. The number of halogens is 2. The van der Waals surface area contributed by atoms with Gasteiger partial charge in [-0.15, -0.1) is 0 Å². The van der Waals surface area contributed by atoms with Crippen molar-refractivity contribution in [1.29, 1.82) is 0 Å². The quantitative estimate of drug-likeness (QED) is 0.191. The van der Waals surface area contributed by atoms with E-state index in [1.807, 2.05) is 18.2 Å². The van der Waals surface area contributed by atoms with Crippen LogP contribution < -0.4 is 0 Å². The number of nitrogens with zero attached hydrogens (tertiary/aromatic N) is 2. The first kappa shape index (κ1) is 29.6. The number of fused-ring (bicyclic) bond motifs is 4. The molecule has 0 N–H and O–H groups in total. The fraction of sp³-hybridized carbons (Fsp3) is 0.344. The summed E-state index contributed by atoms with van der Waals surface area (Å²) in [6.45, 7) is 7.51. The van der Waals surface area contributed by atoms with E-state index in [9.17, 15) is 0 Å². The van der Waals surface area contributed by atoms with E-state index in [4.69, 9.17) is 23.9 Å². The second-order valence-electron chi connectivity index (χ2n) is 10.8. The van der Waals surface area contributed by atoms with Crippen LogP contribution in [0.5, 0.6) is 0 Å². The predicted octanol–water partition coefficient (Wildman–Crippen LogP) is 8.44. The van der Waals surface area contributed by atoms with E-state index in [-0.39, 0.29) is 19.6 Å². The second kappa shape index (κ2) is 12.9. The fourth-order valence-electron chi connectivity index (χ4n) is 7.42. The molecular weight excluding hydrogens is 559 g/mol. The Morgan fingerprint density at radius 2 is 1.37 bits per heavy atom. The molecule has 1 aromatic rings. The molecule has 38 heavy (non-hydrogen) atoms. The van der Waals surface area contributed by atoms with E-state index in [1.165, 1.54) is 0 Å². The van der Waals surface area contributed by atoms with Crippen molar-refractivity contribution in [3.63, 3.8) is 0 Å². The van der Waals surface area contributed by atoms with Gasteiger partial charge in [0.15, 0.2) is 0 Å². The third kappa shape index (κ3) is 5.61. The summed E-state index contributed by atoms with van der Waals surface area (Å²) in [7, 11) is 7.88. The molecule has 6 rings (SSSR count). The monoisotopic (exact) mass is 594 g/mol. The third-order valence-electron chi connectivity index (χ3n) is 8.65. The molecule has 6 heteroatoms. The average molecular weight is 596 g/mol. The minimum absolute atomic E-state index is 0. The molecule has 2 nitrogen and oxygen atoms in total. The second-order valence-corrected chi connectivity index (χ2v) is 17.9. The normalized spacial score (nSPS) is 34.0. The van der Waals surface area contributed by atoms with Crippen LogP contribution >= 0.6 is 18.6 Å². The zero-order valence-electron chi connectivity index (χ0n) is 22.5. The summed E-state index contributed by atoms with van der Waals surface area (Å²) in [5.41, 5.74) is 2.88. The van der Waals surface area contributed by atoms with Gasteiger partial charge in [-0.25, -0.2) is 0 Å². The molecule has 0 amide bonds. The molecule has 1 saturated carbocycles. The zero-order valence-corrected chi connectivity index (χ0v) is 26.6. The van der Waals surface area contributed by atoms with Gasteiger partial charge in [0.25, 0.3) is 0 Å². The zero-order chi connectivity index (χ0) is 26.0. The molecule has 5 unspecified atom stereocenters.